The van der Waals surface area contributed by atoms with Crippen molar-refractivity contribution in [3.63, 3.8) is 0 Å². The second-order valence-corrected chi connectivity index (χ2v) is 8.92. The number of ether oxygens (including phenoxy) is 1. The number of nitrogens with one attached hydrogen (secondary N) is 1. The first-order chi connectivity index (χ1) is 10.7. The fourth-order valence-corrected chi connectivity index (χ4v) is 3.85. The molecule has 1 aliphatic heterocycles. The molecule has 1 rings (SSSR count). The zero-order chi connectivity index (χ0) is 17.5. The number of likely N-dealkylation sites (tertiary alicyclic amines) is 1. The van der Waals surface area contributed by atoms with Gasteiger partial charge in [-0.15, -0.1) is 0 Å². The molecule has 3 N–H and O–H groups in total. The average molecular weight is 364 g/mol. The molecule has 23 heavy (non-hydrogen) atoms. The van der Waals surface area contributed by atoms with Gasteiger partial charge in [0.25, 0.3) is 0 Å². The lowest BCUT2D eigenvalue weighted by Gasteiger charge is -2.19. The predicted octanol–water partition coefficient (Wildman–Crippen LogP) is 1.23. The van der Waals surface area contributed by atoms with E-state index in [4.69, 9.17) is 10.5 Å². The summed E-state index contributed by atoms with van der Waals surface area (Å²) in [7, 11) is 3.25. The Morgan fingerprint density at radius 1 is 1.35 bits per heavy atom. The number of carbonyl (C=O) groups excluding carboxylic acids is 3. The molecule has 1 fully saturated rings. The molecule has 0 saturated carbocycles. The Hall–Kier alpha value is -1.09. The SMILES string of the molecule is CC(C)(C)OC(=O)NCCSSCCN1CC(C(N)=O)CC1=O. The molecule has 1 unspecified atom stereocenters. The van der Waals surface area contributed by atoms with Gasteiger partial charge in [-0.2, -0.15) is 0 Å². The summed E-state index contributed by atoms with van der Waals surface area (Å²) in [6.07, 6.45) is -0.185. The first-order valence-corrected chi connectivity index (χ1v) is 9.96. The molecule has 0 aliphatic carbocycles. The number of nitrogens with two attached hydrogens (primary N) is 1. The van der Waals surface area contributed by atoms with E-state index in [0.29, 0.717) is 19.6 Å². The third-order valence-electron chi connectivity index (χ3n) is 3.00. The smallest absolute Gasteiger partial charge is 0.407 e. The summed E-state index contributed by atoms with van der Waals surface area (Å²) < 4.78 is 5.13. The Kier molecular flexibility index (Phi) is 8.04. The third kappa shape index (κ3) is 8.36. The number of nitrogens with zero attached hydrogens (tertiary/aromatic N) is 1. The van der Waals surface area contributed by atoms with E-state index in [1.165, 1.54) is 0 Å². The first kappa shape index (κ1) is 20.0. The summed E-state index contributed by atoms with van der Waals surface area (Å²) in [5.74, 6) is 0.760. The zero-order valence-electron chi connectivity index (χ0n) is 13.8. The van der Waals surface area contributed by atoms with Crippen LogP contribution in [0.5, 0.6) is 0 Å². The van der Waals surface area contributed by atoms with Gasteiger partial charge < -0.3 is 20.7 Å². The molecule has 1 atom stereocenters. The van der Waals surface area contributed by atoms with Crippen LogP contribution in [0.25, 0.3) is 0 Å². The molecule has 7 nitrogen and oxygen atoms in total. The second kappa shape index (κ2) is 9.27. The standard InChI is InChI=1S/C14H25N3O4S2/c1-14(2,3)21-13(20)16-4-6-22-23-7-5-17-9-10(12(15)19)8-11(17)18/h10H,4-9H2,1-3H3,(H2,15,19)(H,16,20). The van der Waals surface area contributed by atoms with Crippen molar-refractivity contribution in [1.82, 2.24) is 10.2 Å². The summed E-state index contributed by atoms with van der Waals surface area (Å²) in [4.78, 5) is 35.9. The molecule has 0 aromatic carbocycles. The van der Waals surface area contributed by atoms with Crippen molar-refractivity contribution in [2.24, 2.45) is 11.7 Å². The number of amides is 3. The molecule has 1 saturated heterocycles. The van der Waals surface area contributed by atoms with Gasteiger partial charge in [-0.05, 0) is 20.8 Å². The lowest BCUT2D eigenvalue weighted by molar-refractivity contribution is -0.128. The molecule has 3 amide bonds. The van der Waals surface area contributed by atoms with Gasteiger partial charge in [-0.25, -0.2) is 4.79 Å². The molecule has 0 radical (unpaired) electrons. The van der Waals surface area contributed by atoms with Gasteiger partial charge in [0.05, 0.1) is 5.92 Å². The monoisotopic (exact) mass is 363 g/mol. The lowest BCUT2D eigenvalue weighted by Crippen LogP contribution is -2.33. The van der Waals surface area contributed by atoms with Gasteiger partial charge in [0, 0.05) is 37.6 Å². The minimum absolute atomic E-state index is 0.00834. The molecule has 0 aromatic rings. The van der Waals surface area contributed by atoms with Gasteiger partial charge >= 0.3 is 6.09 Å². The van der Waals surface area contributed by atoms with Gasteiger partial charge in [0.15, 0.2) is 0 Å². The second-order valence-electron chi connectivity index (χ2n) is 6.22. The number of hydrogen-bond acceptors (Lipinski definition) is 6. The van der Waals surface area contributed by atoms with E-state index < -0.39 is 17.6 Å². The van der Waals surface area contributed by atoms with Crippen LogP contribution in [0, 0.1) is 5.92 Å². The van der Waals surface area contributed by atoms with Crippen molar-refractivity contribution in [2.75, 3.05) is 31.1 Å². The molecular weight excluding hydrogens is 338 g/mol. The predicted molar refractivity (Wildman–Crippen MR) is 93.0 cm³/mol. The van der Waals surface area contributed by atoms with Crippen LogP contribution < -0.4 is 11.1 Å². The highest BCUT2D eigenvalue weighted by Crippen LogP contribution is 2.23. The van der Waals surface area contributed by atoms with E-state index >= 15 is 0 Å². The molecule has 132 valence electrons. The van der Waals surface area contributed by atoms with Crippen molar-refractivity contribution in [1.29, 1.82) is 0 Å². The maximum Gasteiger partial charge on any atom is 0.407 e. The largest absolute Gasteiger partial charge is 0.444 e. The van der Waals surface area contributed by atoms with Gasteiger partial charge in [-0.3, -0.25) is 9.59 Å². The maximum atomic E-state index is 11.7. The number of hydrogen-bond donors (Lipinski definition) is 2. The average Bonchev–Trinajstić information content (AvgIpc) is 2.77. The van der Waals surface area contributed by atoms with Gasteiger partial charge in [-0.1, -0.05) is 21.6 Å². The van der Waals surface area contributed by atoms with Crippen LogP contribution >= 0.6 is 21.6 Å². The summed E-state index contributed by atoms with van der Waals surface area (Å²) in [6, 6.07) is 0. The quantitative estimate of drug-likeness (QED) is 0.497. The van der Waals surface area contributed by atoms with E-state index in [-0.39, 0.29) is 18.2 Å². The fraction of sp³-hybridized carbons (Fsp3) is 0.786. The van der Waals surface area contributed by atoms with E-state index in [1.807, 2.05) is 20.8 Å². The van der Waals surface area contributed by atoms with Crippen LogP contribution in [0.2, 0.25) is 0 Å². The highest BCUT2D eigenvalue weighted by atomic mass is 33.1. The summed E-state index contributed by atoms with van der Waals surface area (Å²) >= 11 is 0. The lowest BCUT2D eigenvalue weighted by atomic mass is 10.1. The van der Waals surface area contributed by atoms with E-state index in [2.05, 4.69) is 5.32 Å². The number of carbonyl (C=O) groups is 3. The third-order valence-corrected chi connectivity index (χ3v) is 5.39. The van der Waals surface area contributed by atoms with Crippen LogP contribution in [0.4, 0.5) is 4.79 Å². The van der Waals surface area contributed by atoms with E-state index in [1.54, 1.807) is 26.5 Å². The van der Waals surface area contributed by atoms with Crippen LogP contribution in [0.3, 0.4) is 0 Å². The van der Waals surface area contributed by atoms with Crippen molar-refractivity contribution < 1.29 is 19.1 Å². The first-order valence-electron chi connectivity index (χ1n) is 7.47. The van der Waals surface area contributed by atoms with Gasteiger partial charge in [0.2, 0.25) is 11.8 Å². The molecule has 0 aromatic heterocycles. The Labute approximate surface area is 144 Å². The molecule has 0 bridgehead atoms. The topological polar surface area (TPSA) is 102 Å². The highest BCUT2D eigenvalue weighted by molar-refractivity contribution is 8.76. The van der Waals surface area contributed by atoms with Crippen LogP contribution in [0.1, 0.15) is 27.2 Å². The maximum absolute atomic E-state index is 11.7. The zero-order valence-corrected chi connectivity index (χ0v) is 15.4. The number of alkyl carbamates (subject to hydrolysis) is 1. The minimum atomic E-state index is -0.489. The van der Waals surface area contributed by atoms with Crippen molar-refractivity contribution in [3.8, 4) is 0 Å². The van der Waals surface area contributed by atoms with E-state index in [9.17, 15) is 14.4 Å². The molecule has 1 aliphatic rings. The minimum Gasteiger partial charge on any atom is -0.444 e. The summed E-state index contributed by atoms with van der Waals surface area (Å²) in [5, 5.41) is 2.69. The normalized spacial score (nSPS) is 18.1. The number of rotatable bonds is 8. The van der Waals surface area contributed by atoms with Crippen molar-refractivity contribution in [2.45, 2.75) is 32.8 Å². The van der Waals surface area contributed by atoms with Crippen LogP contribution in [0.15, 0.2) is 0 Å². The van der Waals surface area contributed by atoms with Crippen LogP contribution in [-0.4, -0.2) is 59.5 Å². The highest BCUT2D eigenvalue weighted by Gasteiger charge is 2.32. The molecular formula is C14H25N3O4S2. The Morgan fingerprint density at radius 2 is 2.00 bits per heavy atom. The van der Waals surface area contributed by atoms with Crippen molar-refractivity contribution >= 4 is 39.5 Å². The summed E-state index contributed by atoms with van der Waals surface area (Å²) in [6.45, 7) is 7.02. The summed E-state index contributed by atoms with van der Waals surface area (Å²) in [5.41, 5.74) is 4.73. The molecule has 0 spiro atoms. The van der Waals surface area contributed by atoms with Crippen LogP contribution in [-0.2, 0) is 14.3 Å². The Morgan fingerprint density at radius 3 is 2.57 bits per heavy atom. The molecule has 1 heterocycles. The Bertz CT molecular complexity index is 440. The van der Waals surface area contributed by atoms with Gasteiger partial charge in [0.1, 0.15) is 5.60 Å². The Balaban J connectivity index is 2.03. The number of primary amides is 1. The molecule has 9 heteroatoms. The van der Waals surface area contributed by atoms with E-state index in [0.717, 1.165) is 11.5 Å². The van der Waals surface area contributed by atoms with Crippen molar-refractivity contribution in [3.05, 3.63) is 0 Å². The fourth-order valence-electron chi connectivity index (χ4n) is 1.95.